The quantitative estimate of drug-likeness (QED) is 0.719. The third kappa shape index (κ3) is 3.64. The number of nitrogens with two attached hydrogens (primary N) is 1. The molecule has 0 unspecified atom stereocenters. The number of hydrogen-bond donors (Lipinski definition) is 3. The van der Waals surface area contributed by atoms with E-state index in [0.29, 0.717) is 12.2 Å². The number of nitrogens with one attached hydrogen (secondary N) is 2. The van der Waals surface area contributed by atoms with Crippen LogP contribution in [0.4, 0.5) is 10.1 Å². The molecule has 0 bridgehead atoms. The molecule has 4 N–H and O–H groups in total. The molecule has 0 fully saturated rings. The molecule has 1 amide bonds. The summed E-state index contributed by atoms with van der Waals surface area (Å²) in [7, 11) is 1.58. The highest BCUT2D eigenvalue weighted by Crippen LogP contribution is 2.22. The first kappa shape index (κ1) is 15.4. The van der Waals surface area contributed by atoms with Crippen LogP contribution in [0.25, 0.3) is 0 Å². The van der Waals surface area contributed by atoms with E-state index in [-0.39, 0.29) is 16.5 Å². The molecule has 1 aromatic carbocycles. The van der Waals surface area contributed by atoms with Crippen molar-refractivity contribution in [2.24, 2.45) is 11.1 Å². The van der Waals surface area contributed by atoms with E-state index in [0.717, 1.165) is 0 Å². The zero-order valence-corrected chi connectivity index (χ0v) is 12.0. The number of amides is 1. The number of carbonyl (C=O) groups is 1. The molecular weight excluding hydrogens is 265 g/mol. The second-order valence-corrected chi connectivity index (χ2v) is 5.28. The third-order valence-electron chi connectivity index (χ3n) is 2.82. The molecule has 1 rings (SSSR count). The van der Waals surface area contributed by atoms with Gasteiger partial charge in [0.2, 0.25) is 5.91 Å². The first-order valence-electron chi connectivity index (χ1n) is 5.84. The van der Waals surface area contributed by atoms with Crippen molar-refractivity contribution in [1.29, 1.82) is 0 Å². The van der Waals surface area contributed by atoms with Crippen molar-refractivity contribution in [3.05, 3.63) is 29.6 Å². The predicted molar refractivity (Wildman–Crippen MR) is 78.6 cm³/mol. The van der Waals surface area contributed by atoms with Gasteiger partial charge in [-0.25, -0.2) is 4.39 Å². The molecule has 19 heavy (non-hydrogen) atoms. The summed E-state index contributed by atoms with van der Waals surface area (Å²) >= 11 is 4.84. The smallest absolute Gasteiger partial charge is 0.227 e. The fourth-order valence-corrected chi connectivity index (χ4v) is 1.86. The summed E-state index contributed by atoms with van der Waals surface area (Å²) in [5.41, 5.74) is 5.54. The first-order valence-corrected chi connectivity index (χ1v) is 6.25. The summed E-state index contributed by atoms with van der Waals surface area (Å²) in [4.78, 5) is 11.6. The second kappa shape index (κ2) is 5.97. The zero-order chi connectivity index (χ0) is 14.6. The summed E-state index contributed by atoms with van der Waals surface area (Å²) in [5, 5.41) is 5.61. The van der Waals surface area contributed by atoms with Gasteiger partial charge in [-0.05, 0) is 26.0 Å². The number of hydrogen-bond acceptors (Lipinski definition) is 3. The minimum atomic E-state index is -0.630. The van der Waals surface area contributed by atoms with Crippen LogP contribution in [0.2, 0.25) is 0 Å². The molecule has 0 spiro atoms. The van der Waals surface area contributed by atoms with Crippen molar-refractivity contribution in [2.45, 2.75) is 13.8 Å². The largest absolute Gasteiger partial charge is 0.389 e. The number of rotatable bonds is 5. The van der Waals surface area contributed by atoms with Gasteiger partial charge < -0.3 is 16.4 Å². The molecule has 0 saturated heterocycles. The monoisotopic (exact) mass is 283 g/mol. The summed E-state index contributed by atoms with van der Waals surface area (Å²) < 4.78 is 13.7. The fraction of sp³-hybridized carbons (Fsp3) is 0.385. The maximum Gasteiger partial charge on any atom is 0.227 e. The van der Waals surface area contributed by atoms with Gasteiger partial charge in [-0.2, -0.15) is 0 Å². The highest BCUT2D eigenvalue weighted by molar-refractivity contribution is 7.80. The van der Waals surface area contributed by atoms with E-state index in [1.54, 1.807) is 33.0 Å². The lowest BCUT2D eigenvalue weighted by atomic mass is 9.92. The minimum absolute atomic E-state index is 0.0154. The molecule has 0 aliphatic heterocycles. The highest BCUT2D eigenvalue weighted by atomic mass is 32.1. The van der Waals surface area contributed by atoms with Crippen LogP contribution in [0.15, 0.2) is 18.2 Å². The Bertz CT molecular complexity index is 503. The van der Waals surface area contributed by atoms with E-state index in [1.165, 1.54) is 6.07 Å². The summed E-state index contributed by atoms with van der Waals surface area (Å²) in [5.74, 6) is -0.580. The SMILES string of the molecule is CNC(=O)C(C)(C)CNc1cccc(F)c1C(N)=S. The maximum absolute atomic E-state index is 13.7. The molecule has 4 nitrogen and oxygen atoms in total. The Morgan fingerprint density at radius 2 is 2.11 bits per heavy atom. The molecule has 104 valence electrons. The lowest BCUT2D eigenvalue weighted by molar-refractivity contribution is -0.128. The molecule has 0 aliphatic carbocycles. The van der Waals surface area contributed by atoms with Gasteiger partial charge in [0, 0.05) is 19.3 Å². The average molecular weight is 283 g/mol. The van der Waals surface area contributed by atoms with Gasteiger partial charge in [0.15, 0.2) is 0 Å². The minimum Gasteiger partial charge on any atom is -0.389 e. The Kier molecular flexibility index (Phi) is 4.83. The van der Waals surface area contributed by atoms with Crippen LogP contribution >= 0.6 is 12.2 Å². The van der Waals surface area contributed by atoms with Gasteiger partial charge in [-0.3, -0.25) is 4.79 Å². The molecule has 0 atom stereocenters. The molecule has 0 aliphatic rings. The Hall–Kier alpha value is -1.69. The van der Waals surface area contributed by atoms with Crippen LogP contribution in [-0.2, 0) is 4.79 Å². The van der Waals surface area contributed by atoms with Crippen LogP contribution < -0.4 is 16.4 Å². The number of halogens is 1. The molecular formula is C13H18FN3OS. The standard InChI is InChI=1S/C13H18FN3OS/c1-13(2,12(18)16-3)7-17-9-6-4-5-8(14)10(9)11(15)19/h4-6,17H,7H2,1-3H3,(H2,15,19)(H,16,18). The maximum atomic E-state index is 13.7. The first-order chi connectivity index (χ1) is 8.79. The Balaban J connectivity index is 2.93. The van der Waals surface area contributed by atoms with Gasteiger partial charge in [0.05, 0.1) is 11.0 Å². The van der Waals surface area contributed by atoms with Gasteiger partial charge in [-0.1, -0.05) is 18.3 Å². The predicted octanol–water partition coefficient (Wildman–Crippen LogP) is 1.64. The average Bonchev–Trinajstić information content (AvgIpc) is 2.34. The van der Waals surface area contributed by atoms with E-state index in [2.05, 4.69) is 10.6 Å². The normalized spacial score (nSPS) is 10.9. The van der Waals surface area contributed by atoms with Crippen LogP contribution in [0, 0.1) is 11.2 Å². The van der Waals surface area contributed by atoms with Gasteiger partial charge in [-0.15, -0.1) is 0 Å². The number of carbonyl (C=O) groups excluding carboxylic acids is 1. The molecule has 0 saturated carbocycles. The Labute approximate surface area is 117 Å². The number of thiocarbonyl (C=S) groups is 1. The molecule has 6 heteroatoms. The van der Waals surface area contributed by atoms with Crippen LogP contribution in [0.1, 0.15) is 19.4 Å². The zero-order valence-electron chi connectivity index (χ0n) is 11.2. The van der Waals surface area contributed by atoms with Gasteiger partial charge in [0.25, 0.3) is 0 Å². The summed E-state index contributed by atoms with van der Waals surface area (Å²) in [6.45, 7) is 3.92. The lowest BCUT2D eigenvalue weighted by Gasteiger charge is -2.24. The van der Waals surface area contributed by atoms with Crippen LogP contribution in [0.3, 0.4) is 0 Å². The van der Waals surface area contributed by atoms with Crippen molar-refractivity contribution in [3.8, 4) is 0 Å². The van der Waals surface area contributed by atoms with Crippen molar-refractivity contribution in [3.63, 3.8) is 0 Å². The fourth-order valence-electron chi connectivity index (χ4n) is 1.66. The van der Waals surface area contributed by atoms with Gasteiger partial charge >= 0.3 is 0 Å². The van der Waals surface area contributed by atoms with E-state index >= 15 is 0 Å². The van der Waals surface area contributed by atoms with Crippen molar-refractivity contribution in [2.75, 3.05) is 18.9 Å². The Morgan fingerprint density at radius 1 is 1.47 bits per heavy atom. The van der Waals surface area contributed by atoms with Gasteiger partial charge in [0.1, 0.15) is 10.8 Å². The summed E-state index contributed by atoms with van der Waals surface area (Å²) in [6, 6.07) is 4.54. The Morgan fingerprint density at radius 3 is 2.63 bits per heavy atom. The van der Waals surface area contributed by atoms with Crippen LogP contribution in [-0.4, -0.2) is 24.5 Å². The highest BCUT2D eigenvalue weighted by Gasteiger charge is 2.26. The number of benzene rings is 1. The molecule has 1 aromatic rings. The van der Waals surface area contributed by atoms with E-state index < -0.39 is 11.2 Å². The lowest BCUT2D eigenvalue weighted by Crippen LogP contribution is -2.39. The van der Waals surface area contributed by atoms with Crippen molar-refractivity contribution >= 4 is 28.8 Å². The van der Waals surface area contributed by atoms with E-state index in [9.17, 15) is 9.18 Å². The van der Waals surface area contributed by atoms with Crippen molar-refractivity contribution < 1.29 is 9.18 Å². The molecule has 0 heterocycles. The van der Waals surface area contributed by atoms with E-state index in [1.807, 2.05) is 0 Å². The summed E-state index contributed by atoms with van der Waals surface area (Å²) in [6.07, 6.45) is 0. The third-order valence-corrected chi connectivity index (χ3v) is 3.03. The van der Waals surface area contributed by atoms with E-state index in [4.69, 9.17) is 18.0 Å². The second-order valence-electron chi connectivity index (χ2n) is 4.84. The van der Waals surface area contributed by atoms with Crippen LogP contribution in [0.5, 0.6) is 0 Å². The molecule has 0 aromatic heterocycles. The topological polar surface area (TPSA) is 67.2 Å². The number of anilines is 1. The molecule has 0 radical (unpaired) electrons. The van der Waals surface area contributed by atoms with Crippen molar-refractivity contribution in [1.82, 2.24) is 5.32 Å².